The van der Waals surface area contributed by atoms with Crippen molar-refractivity contribution in [3.8, 4) is 0 Å². The molecule has 0 heterocycles. The summed E-state index contributed by atoms with van der Waals surface area (Å²) in [5.41, 5.74) is 0.824. The number of non-ortho nitro benzene ring substituents is 1. The van der Waals surface area contributed by atoms with Crippen LogP contribution in [0, 0.1) is 15.9 Å². The Kier molecular flexibility index (Phi) is 6.06. The lowest BCUT2D eigenvalue weighted by atomic mass is 10.1. The van der Waals surface area contributed by atoms with E-state index in [-0.39, 0.29) is 34.7 Å². The number of nitro benzene ring substituents is 1. The Labute approximate surface area is 149 Å². The minimum atomic E-state index is -0.579. The highest BCUT2D eigenvalue weighted by Gasteiger charge is 2.18. The molecule has 1 N–H and O–H groups in total. The summed E-state index contributed by atoms with van der Waals surface area (Å²) in [6.45, 7) is 0.269. The first kappa shape index (κ1) is 18.8. The summed E-state index contributed by atoms with van der Waals surface area (Å²) in [6.07, 6.45) is 0. The van der Waals surface area contributed by atoms with E-state index in [0.717, 1.165) is 11.6 Å². The normalized spacial score (nSPS) is 12.0. The predicted octanol–water partition coefficient (Wildman–Crippen LogP) is 3.42. The number of carbonyl (C=O) groups excluding carboxylic acids is 1. The van der Waals surface area contributed by atoms with Crippen LogP contribution < -0.4 is 5.32 Å². The lowest BCUT2D eigenvalue weighted by molar-refractivity contribution is -0.384. The zero-order valence-corrected chi connectivity index (χ0v) is 14.5. The van der Waals surface area contributed by atoms with E-state index in [2.05, 4.69) is 5.32 Å². The van der Waals surface area contributed by atoms with Gasteiger partial charge in [0.1, 0.15) is 5.82 Å². The third kappa shape index (κ3) is 4.74. The van der Waals surface area contributed by atoms with E-state index in [1.54, 1.807) is 12.1 Å². The fraction of sp³-hybridized carbons (Fsp3) is 0.235. The fourth-order valence-corrected chi connectivity index (χ4v) is 2.63. The van der Waals surface area contributed by atoms with Crippen molar-refractivity contribution in [3.63, 3.8) is 0 Å². The Balaban J connectivity index is 2.11. The van der Waals surface area contributed by atoms with E-state index in [0.29, 0.717) is 0 Å². The SMILES string of the molecule is CN(C)[C@H](CNC(=O)c1ccc([N+](=O)[O-])cc1Cl)c1ccc(F)cc1. The third-order valence-electron chi connectivity index (χ3n) is 3.74. The summed E-state index contributed by atoms with van der Waals surface area (Å²) in [7, 11) is 3.69. The predicted molar refractivity (Wildman–Crippen MR) is 93.3 cm³/mol. The van der Waals surface area contributed by atoms with Gasteiger partial charge in [-0.1, -0.05) is 23.7 Å². The van der Waals surface area contributed by atoms with Crippen LogP contribution in [0.5, 0.6) is 0 Å². The minimum absolute atomic E-state index is 0.00915. The molecule has 6 nitrogen and oxygen atoms in total. The lowest BCUT2D eigenvalue weighted by Crippen LogP contribution is -2.34. The van der Waals surface area contributed by atoms with Crippen LogP contribution in [-0.4, -0.2) is 36.4 Å². The van der Waals surface area contributed by atoms with Gasteiger partial charge in [-0.05, 0) is 37.9 Å². The Morgan fingerprint density at radius 2 is 1.92 bits per heavy atom. The molecule has 0 saturated heterocycles. The van der Waals surface area contributed by atoms with Gasteiger partial charge in [-0.3, -0.25) is 14.9 Å². The molecular formula is C17H17ClFN3O3. The van der Waals surface area contributed by atoms with Gasteiger partial charge in [-0.15, -0.1) is 0 Å². The van der Waals surface area contributed by atoms with E-state index in [1.807, 2.05) is 19.0 Å². The third-order valence-corrected chi connectivity index (χ3v) is 4.05. The van der Waals surface area contributed by atoms with Crippen LogP contribution in [0.1, 0.15) is 22.0 Å². The van der Waals surface area contributed by atoms with Crippen molar-refractivity contribution in [2.24, 2.45) is 0 Å². The van der Waals surface area contributed by atoms with E-state index in [4.69, 9.17) is 11.6 Å². The zero-order valence-electron chi connectivity index (χ0n) is 13.7. The second-order valence-electron chi connectivity index (χ2n) is 5.66. The molecule has 0 aliphatic carbocycles. The number of carbonyl (C=O) groups is 1. The Hall–Kier alpha value is -2.51. The number of hydrogen-bond donors (Lipinski definition) is 1. The summed E-state index contributed by atoms with van der Waals surface area (Å²) in [4.78, 5) is 24.3. The highest BCUT2D eigenvalue weighted by atomic mass is 35.5. The molecule has 0 fully saturated rings. The first-order valence-electron chi connectivity index (χ1n) is 7.43. The van der Waals surface area contributed by atoms with Gasteiger partial charge < -0.3 is 10.2 Å². The maximum absolute atomic E-state index is 13.1. The van der Waals surface area contributed by atoms with Crippen LogP contribution in [0.15, 0.2) is 42.5 Å². The number of hydrogen-bond acceptors (Lipinski definition) is 4. The van der Waals surface area contributed by atoms with Gasteiger partial charge in [0.2, 0.25) is 0 Å². The molecule has 0 aliphatic rings. The van der Waals surface area contributed by atoms with Gasteiger partial charge in [-0.2, -0.15) is 0 Å². The number of amides is 1. The molecule has 0 unspecified atom stereocenters. The molecule has 0 aliphatic heterocycles. The molecule has 2 aromatic rings. The Morgan fingerprint density at radius 1 is 1.28 bits per heavy atom. The van der Waals surface area contributed by atoms with E-state index >= 15 is 0 Å². The Bertz CT molecular complexity index is 781. The number of nitrogens with one attached hydrogen (secondary N) is 1. The summed E-state index contributed by atoms with van der Waals surface area (Å²) < 4.78 is 13.1. The molecule has 0 radical (unpaired) electrons. The highest BCUT2D eigenvalue weighted by Crippen LogP contribution is 2.23. The molecule has 1 amide bonds. The summed E-state index contributed by atoms with van der Waals surface area (Å²) in [5, 5.41) is 13.5. The Morgan fingerprint density at radius 3 is 2.44 bits per heavy atom. The van der Waals surface area contributed by atoms with Crippen molar-refractivity contribution in [2.75, 3.05) is 20.6 Å². The van der Waals surface area contributed by atoms with E-state index in [9.17, 15) is 19.3 Å². The van der Waals surface area contributed by atoms with Gasteiger partial charge >= 0.3 is 0 Å². The largest absolute Gasteiger partial charge is 0.350 e. The molecule has 0 bridgehead atoms. The summed E-state index contributed by atoms with van der Waals surface area (Å²) in [6, 6.07) is 9.56. The highest BCUT2D eigenvalue weighted by molar-refractivity contribution is 6.34. The zero-order chi connectivity index (χ0) is 18.6. The quantitative estimate of drug-likeness (QED) is 0.628. The van der Waals surface area contributed by atoms with Gasteiger partial charge in [0.15, 0.2) is 0 Å². The minimum Gasteiger partial charge on any atom is -0.350 e. The van der Waals surface area contributed by atoms with Gasteiger partial charge in [0, 0.05) is 18.7 Å². The molecule has 0 saturated carbocycles. The van der Waals surface area contributed by atoms with Crippen molar-refractivity contribution in [1.82, 2.24) is 10.2 Å². The molecule has 2 aromatic carbocycles. The molecule has 8 heteroatoms. The lowest BCUT2D eigenvalue weighted by Gasteiger charge is -2.25. The fourth-order valence-electron chi connectivity index (χ4n) is 2.37. The second-order valence-corrected chi connectivity index (χ2v) is 6.07. The number of nitrogens with zero attached hydrogens (tertiary/aromatic N) is 2. The number of benzene rings is 2. The number of halogens is 2. The molecule has 2 rings (SSSR count). The van der Waals surface area contributed by atoms with Crippen LogP contribution in [0.25, 0.3) is 0 Å². The average molecular weight is 366 g/mol. The van der Waals surface area contributed by atoms with Crippen LogP contribution in [-0.2, 0) is 0 Å². The second kappa shape index (κ2) is 8.04. The van der Waals surface area contributed by atoms with E-state index in [1.165, 1.54) is 24.3 Å². The van der Waals surface area contributed by atoms with Gasteiger partial charge in [0.25, 0.3) is 11.6 Å². The summed E-state index contributed by atoms with van der Waals surface area (Å²) in [5.74, 6) is -0.767. The molecule has 132 valence electrons. The smallest absolute Gasteiger partial charge is 0.270 e. The molecule has 25 heavy (non-hydrogen) atoms. The molecule has 0 spiro atoms. The van der Waals surface area contributed by atoms with Crippen molar-refractivity contribution < 1.29 is 14.1 Å². The van der Waals surface area contributed by atoms with Gasteiger partial charge in [-0.25, -0.2) is 4.39 Å². The molecule has 1 atom stereocenters. The standard InChI is InChI=1S/C17H17ClFN3O3/c1-21(2)16(11-3-5-12(19)6-4-11)10-20-17(23)14-8-7-13(22(24)25)9-15(14)18/h3-9,16H,10H2,1-2H3,(H,20,23)/t16-/m1/s1. The number of nitro groups is 1. The van der Waals surface area contributed by atoms with Crippen molar-refractivity contribution in [3.05, 3.63) is 74.5 Å². The number of likely N-dealkylation sites (N-methyl/N-ethyl adjacent to an activating group) is 1. The van der Waals surface area contributed by atoms with Crippen LogP contribution in [0.3, 0.4) is 0 Å². The van der Waals surface area contributed by atoms with Crippen LogP contribution in [0.4, 0.5) is 10.1 Å². The van der Waals surface area contributed by atoms with Gasteiger partial charge in [0.05, 0.1) is 21.6 Å². The maximum Gasteiger partial charge on any atom is 0.270 e. The molecular weight excluding hydrogens is 349 g/mol. The van der Waals surface area contributed by atoms with Crippen molar-refractivity contribution >= 4 is 23.2 Å². The maximum atomic E-state index is 13.1. The van der Waals surface area contributed by atoms with E-state index < -0.39 is 10.8 Å². The topological polar surface area (TPSA) is 75.5 Å². The van der Waals surface area contributed by atoms with Crippen LogP contribution >= 0.6 is 11.6 Å². The molecule has 0 aromatic heterocycles. The summed E-state index contributed by atoms with van der Waals surface area (Å²) >= 11 is 5.96. The van der Waals surface area contributed by atoms with Crippen molar-refractivity contribution in [1.29, 1.82) is 0 Å². The van der Waals surface area contributed by atoms with Crippen LogP contribution in [0.2, 0.25) is 5.02 Å². The average Bonchev–Trinajstić information content (AvgIpc) is 2.55. The number of rotatable bonds is 6. The van der Waals surface area contributed by atoms with Crippen molar-refractivity contribution in [2.45, 2.75) is 6.04 Å². The first-order valence-corrected chi connectivity index (χ1v) is 7.81. The first-order chi connectivity index (χ1) is 11.8. The monoisotopic (exact) mass is 365 g/mol.